The zero-order valence-electron chi connectivity index (χ0n) is 20.0. The quantitative estimate of drug-likeness (QED) is 0.305. The van der Waals surface area contributed by atoms with Crippen LogP contribution in [0.15, 0.2) is 114 Å². The SMILES string of the molecule is Cc1ccc(S(=O)(=O)N(CCc2ccccc2)CC(=O)Nc2ccc(Oc3ccccc3)cc2)cc1. The highest BCUT2D eigenvalue weighted by Gasteiger charge is 2.26. The number of rotatable bonds is 10. The summed E-state index contributed by atoms with van der Waals surface area (Å²) in [5, 5.41) is 2.79. The van der Waals surface area contributed by atoms with E-state index in [9.17, 15) is 13.2 Å². The topological polar surface area (TPSA) is 75.7 Å². The molecule has 1 amide bonds. The lowest BCUT2D eigenvalue weighted by Crippen LogP contribution is -2.39. The average molecular weight is 501 g/mol. The minimum atomic E-state index is -3.86. The minimum absolute atomic E-state index is 0.163. The molecule has 6 nitrogen and oxygen atoms in total. The van der Waals surface area contributed by atoms with Crippen LogP contribution in [0.25, 0.3) is 0 Å². The smallest absolute Gasteiger partial charge is 0.243 e. The lowest BCUT2D eigenvalue weighted by atomic mass is 10.1. The molecule has 0 aliphatic rings. The number of amides is 1. The zero-order chi connectivity index (χ0) is 25.4. The normalized spacial score (nSPS) is 11.3. The summed E-state index contributed by atoms with van der Waals surface area (Å²) in [4.78, 5) is 13.1. The number of hydrogen-bond donors (Lipinski definition) is 1. The molecule has 4 aromatic rings. The van der Waals surface area contributed by atoms with Crippen LogP contribution in [-0.4, -0.2) is 31.7 Å². The van der Waals surface area contributed by atoms with Gasteiger partial charge in [-0.05, 0) is 67.4 Å². The Balaban J connectivity index is 1.45. The van der Waals surface area contributed by atoms with E-state index in [4.69, 9.17) is 4.74 Å². The van der Waals surface area contributed by atoms with Gasteiger partial charge in [-0.1, -0.05) is 66.2 Å². The van der Waals surface area contributed by atoms with Crippen molar-refractivity contribution in [2.45, 2.75) is 18.2 Å². The van der Waals surface area contributed by atoms with E-state index in [1.165, 1.54) is 4.31 Å². The van der Waals surface area contributed by atoms with Gasteiger partial charge in [0, 0.05) is 12.2 Å². The van der Waals surface area contributed by atoms with Crippen LogP contribution >= 0.6 is 0 Å². The van der Waals surface area contributed by atoms with Crippen molar-refractivity contribution in [3.63, 3.8) is 0 Å². The third-order valence-electron chi connectivity index (χ3n) is 5.59. The largest absolute Gasteiger partial charge is 0.457 e. The standard InChI is InChI=1S/C29H28N2O4S/c1-23-12-18-28(19-13-23)36(33,34)31(21-20-24-8-4-2-5-9-24)22-29(32)30-25-14-16-27(17-15-25)35-26-10-6-3-7-11-26/h2-19H,20-22H2,1H3,(H,30,32). The number of sulfonamides is 1. The van der Waals surface area contributed by atoms with Crippen molar-refractivity contribution in [3.8, 4) is 11.5 Å². The zero-order valence-corrected chi connectivity index (χ0v) is 20.8. The van der Waals surface area contributed by atoms with Crippen molar-refractivity contribution in [3.05, 3.63) is 120 Å². The van der Waals surface area contributed by atoms with Crippen molar-refractivity contribution in [2.24, 2.45) is 0 Å². The second kappa shape index (κ2) is 11.7. The molecule has 0 atom stereocenters. The van der Waals surface area contributed by atoms with E-state index >= 15 is 0 Å². The lowest BCUT2D eigenvalue weighted by Gasteiger charge is -2.22. The number of ether oxygens (including phenoxy) is 1. The van der Waals surface area contributed by atoms with Crippen LogP contribution in [0, 0.1) is 6.92 Å². The van der Waals surface area contributed by atoms with Crippen molar-refractivity contribution in [1.29, 1.82) is 0 Å². The van der Waals surface area contributed by atoms with E-state index < -0.39 is 15.9 Å². The predicted molar refractivity (Wildman–Crippen MR) is 142 cm³/mol. The number of para-hydroxylation sites is 1. The summed E-state index contributed by atoms with van der Waals surface area (Å²) in [6.45, 7) is 1.77. The van der Waals surface area contributed by atoms with Gasteiger partial charge in [-0.3, -0.25) is 4.79 Å². The summed E-state index contributed by atoms with van der Waals surface area (Å²) in [5.41, 5.74) is 2.51. The fourth-order valence-corrected chi connectivity index (χ4v) is 5.03. The molecule has 0 spiro atoms. The predicted octanol–water partition coefficient (Wildman–Crippen LogP) is 5.66. The highest BCUT2D eigenvalue weighted by Crippen LogP contribution is 2.23. The molecule has 0 radical (unpaired) electrons. The van der Waals surface area contributed by atoms with E-state index in [0.717, 1.165) is 11.1 Å². The Hall–Kier alpha value is -3.94. The highest BCUT2D eigenvalue weighted by atomic mass is 32.2. The Morgan fingerprint density at radius 1 is 0.778 bits per heavy atom. The molecule has 0 saturated carbocycles. The van der Waals surface area contributed by atoms with Gasteiger partial charge in [0.05, 0.1) is 11.4 Å². The Morgan fingerprint density at radius 2 is 1.36 bits per heavy atom. The van der Waals surface area contributed by atoms with Gasteiger partial charge in [-0.25, -0.2) is 8.42 Å². The van der Waals surface area contributed by atoms with Gasteiger partial charge in [0.2, 0.25) is 15.9 Å². The lowest BCUT2D eigenvalue weighted by molar-refractivity contribution is -0.116. The second-order valence-corrected chi connectivity index (χ2v) is 10.3. The Morgan fingerprint density at radius 3 is 2.00 bits per heavy atom. The molecule has 0 aromatic heterocycles. The van der Waals surface area contributed by atoms with Crippen LogP contribution in [0.5, 0.6) is 11.5 Å². The molecule has 4 rings (SSSR count). The molecule has 4 aromatic carbocycles. The van der Waals surface area contributed by atoms with Gasteiger partial charge in [0.25, 0.3) is 0 Å². The van der Waals surface area contributed by atoms with Gasteiger partial charge < -0.3 is 10.1 Å². The Bertz CT molecular complexity index is 1370. The number of carbonyl (C=O) groups is 1. The fraction of sp³-hybridized carbons (Fsp3) is 0.138. The molecule has 0 saturated heterocycles. The van der Waals surface area contributed by atoms with E-state index in [1.54, 1.807) is 48.5 Å². The maximum atomic E-state index is 13.4. The Kier molecular flexibility index (Phi) is 8.15. The van der Waals surface area contributed by atoms with E-state index in [0.29, 0.717) is 23.6 Å². The molecule has 0 unspecified atom stereocenters. The maximum absolute atomic E-state index is 13.4. The number of nitrogens with one attached hydrogen (secondary N) is 1. The van der Waals surface area contributed by atoms with Crippen LogP contribution in [0.2, 0.25) is 0 Å². The van der Waals surface area contributed by atoms with E-state index in [2.05, 4.69) is 5.32 Å². The number of anilines is 1. The van der Waals surface area contributed by atoms with Crippen LogP contribution in [-0.2, 0) is 21.2 Å². The van der Waals surface area contributed by atoms with Crippen molar-refractivity contribution in [1.82, 2.24) is 4.31 Å². The first kappa shape index (κ1) is 25.2. The van der Waals surface area contributed by atoms with E-state index in [-0.39, 0.29) is 18.0 Å². The fourth-order valence-electron chi connectivity index (χ4n) is 3.63. The molecule has 1 N–H and O–H groups in total. The van der Waals surface area contributed by atoms with Gasteiger partial charge in [0.1, 0.15) is 11.5 Å². The highest BCUT2D eigenvalue weighted by molar-refractivity contribution is 7.89. The molecule has 0 heterocycles. The first-order valence-corrected chi connectivity index (χ1v) is 13.1. The molecule has 184 valence electrons. The molecule has 7 heteroatoms. The second-order valence-electron chi connectivity index (χ2n) is 8.37. The first-order valence-electron chi connectivity index (χ1n) is 11.6. The summed E-state index contributed by atoms with van der Waals surface area (Å²) in [7, 11) is -3.86. The minimum Gasteiger partial charge on any atom is -0.457 e. The molecule has 0 bridgehead atoms. The summed E-state index contributed by atoms with van der Waals surface area (Å²) in [6.07, 6.45) is 0.491. The molecular formula is C29H28N2O4S. The van der Waals surface area contributed by atoms with Crippen molar-refractivity contribution < 1.29 is 17.9 Å². The summed E-state index contributed by atoms with van der Waals surface area (Å²) in [5.74, 6) is 0.922. The number of benzene rings is 4. The summed E-state index contributed by atoms with van der Waals surface area (Å²) in [6, 6.07) is 32.6. The van der Waals surface area contributed by atoms with Crippen LogP contribution in [0.1, 0.15) is 11.1 Å². The average Bonchev–Trinajstić information content (AvgIpc) is 2.89. The van der Waals surface area contributed by atoms with Gasteiger partial charge in [0.15, 0.2) is 0 Å². The maximum Gasteiger partial charge on any atom is 0.243 e. The van der Waals surface area contributed by atoms with E-state index in [1.807, 2.05) is 67.6 Å². The van der Waals surface area contributed by atoms with Gasteiger partial charge >= 0.3 is 0 Å². The monoisotopic (exact) mass is 500 g/mol. The third-order valence-corrected chi connectivity index (χ3v) is 7.45. The molecular weight excluding hydrogens is 472 g/mol. The Labute approximate surface area is 212 Å². The third kappa shape index (κ3) is 6.81. The van der Waals surface area contributed by atoms with Gasteiger partial charge in [-0.15, -0.1) is 0 Å². The van der Waals surface area contributed by atoms with Crippen LogP contribution in [0.3, 0.4) is 0 Å². The summed E-state index contributed by atoms with van der Waals surface area (Å²) >= 11 is 0. The molecule has 36 heavy (non-hydrogen) atoms. The number of hydrogen-bond acceptors (Lipinski definition) is 4. The first-order chi connectivity index (χ1) is 17.4. The molecule has 0 aliphatic heterocycles. The van der Waals surface area contributed by atoms with Crippen LogP contribution < -0.4 is 10.1 Å². The number of aryl methyl sites for hydroxylation is 1. The molecule has 0 fully saturated rings. The van der Waals surface area contributed by atoms with Crippen LogP contribution in [0.4, 0.5) is 5.69 Å². The number of nitrogens with zero attached hydrogens (tertiary/aromatic N) is 1. The summed E-state index contributed by atoms with van der Waals surface area (Å²) < 4.78 is 33.8. The van der Waals surface area contributed by atoms with Crippen molar-refractivity contribution in [2.75, 3.05) is 18.4 Å². The molecule has 0 aliphatic carbocycles. The van der Waals surface area contributed by atoms with Crippen molar-refractivity contribution >= 4 is 21.6 Å². The number of carbonyl (C=O) groups excluding carboxylic acids is 1. The van der Waals surface area contributed by atoms with Gasteiger partial charge in [-0.2, -0.15) is 4.31 Å².